The van der Waals surface area contributed by atoms with Gasteiger partial charge in [0.15, 0.2) is 0 Å². The molecule has 1 aromatic heterocycles. The number of aromatic amines is 1. The molecule has 1 aliphatic rings. The summed E-state index contributed by atoms with van der Waals surface area (Å²) in [6.45, 7) is 0.687. The van der Waals surface area contributed by atoms with Gasteiger partial charge in [-0.3, -0.25) is 4.79 Å². The number of anilines is 1. The lowest BCUT2D eigenvalue weighted by Gasteiger charge is -2.35. The van der Waals surface area contributed by atoms with Gasteiger partial charge >= 0.3 is 6.18 Å². The van der Waals surface area contributed by atoms with E-state index in [-0.39, 0.29) is 24.5 Å². The number of rotatable bonds is 9. The highest BCUT2D eigenvalue weighted by atomic mass is 19.4. The fraction of sp³-hybridized carbons (Fsp3) is 0.375. The molecule has 33 heavy (non-hydrogen) atoms. The summed E-state index contributed by atoms with van der Waals surface area (Å²) in [5, 5.41) is 3.64. The van der Waals surface area contributed by atoms with Gasteiger partial charge in [-0.1, -0.05) is 12.1 Å². The zero-order valence-electron chi connectivity index (χ0n) is 18.1. The number of nitrogens with one attached hydrogen (secondary N) is 2. The van der Waals surface area contributed by atoms with Gasteiger partial charge in [0.05, 0.1) is 30.6 Å². The fourth-order valence-electron chi connectivity index (χ4n) is 3.84. The molecule has 176 valence electrons. The Hall–Kier alpha value is -3.04. The van der Waals surface area contributed by atoms with Crippen molar-refractivity contribution in [1.82, 2.24) is 4.98 Å². The van der Waals surface area contributed by atoms with Gasteiger partial charge < -0.3 is 24.5 Å². The minimum atomic E-state index is -4.32. The van der Waals surface area contributed by atoms with Crippen molar-refractivity contribution in [3.63, 3.8) is 0 Å². The van der Waals surface area contributed by atoms with Crippen molar-refractivity contribution >= 4 is 22.5 Å². The van der Waals surface area contributed by atoms with Crippen molar-refractivity contribution < 1.29 is 32.2 Å². The van der Waals surface area contributed by atoms with Crippen LogP contribution in [0.2, 0.25) is 0 Å². The van der Waals surface area contributed by atoms with Crippen LogP contribution < -0.4 is 10.1 Å². The third-order valence-electron chi connectivity index (χ3n) is 5.70. The largest absolute Gasteiger partial charge is 0.490 e. The average molecular weight is 462 g/mol. The average Bonchev–Trinajstić information content (AvgIpc) is 3.15. The Morgan fingerprint density at radius 2 is 1.88 bits per heavy atom. The predicted molar refractivity (Wildman–Crippen MR) is 117 cm³/mol. The quantitative estimate of drug-likeness (QED) is 0.434. The SMILES string of the molecule is COCCOCC(=O)Nc1c[nH]c2ccc(O[C@H]3C[C@H](c4ccc(C(F)(F)F)cc4)C3)cc12. The van der Waals surface area contributed by atoms with Gasteiger partial charge in [-0.25, -0.2) is 0 Å². The number of carbonyl (C=O) groups is 1. The molecule has 0 unspecified atom stereocenters. The van der Waals surface area contributed by atoms with E-state index in [0.29, 0.717) is 24.7 Å². The highest BCUT2D eigenvalue weighted by Crippen LogP contribution is 2.40. The van der Waals surface area contributed by atoms with Gasteiger partial charge in [0.25, 0.3) is 0 Å². The molecule has 0 atom stereocenters. The molecule has 0 bridgehead atoms. The first-order valence-electron chi connectivity index (χ1n) is 10.6. The number of H-pyrrole nitrogens is 1. The second kappa shape index (κ2) is 9.84. The number of methoxy groups -OCH3 is 1. The van der Waals surface area contributed by atoms with Crippen molar-refractivity contribution in [1.29, 1.82) is 0 Å². The van der Waals surface area contributed by atoms with Crippen LogP contribution in [0.4, 0.5) is 18.9 Å². The second-order valence-electron chi connectivity index (χ2n) is 8.03. The van der Waals surface area contributed by atoms with Crippen LogP contribution in [-0.2, 0) is 20.4 Å². The molecule has 1 amide bonds. The summed E-state index contributed by atoms with van der Waals surface area (Å²) in [5.74, 6) is 0.586. The lowest BCUT2D eigenvalue weighted by molar-refractivity contribution is -0.137. The smallest absolute Gasteiger partial charge is 0.416 e. The Balaban J connectivity index is 1.32. The maximum Gasteiger partial charge on any atom is 0.416 e. The number of hydrogen-bond acceptors (Lipinski definition) is 4. The van der Waals surface area contributed by atoms with Crippen LogP contribution in [0.1, 0.15) is 29.9 Å². The maximum absolute atomic E-state index is 12.7. The zero-order chi connectivity index (χ0) is 23.4. The van der Waals surface area contributed by atoms with Crippen LogP contribution in [-0.4, -0.2) is 43.9 Å². The number of alkyl halides is 3. The molecule has 2 N–H and O–H groups in total. The standard InChI is InChI=1S/C24H25F3N2O4/c1-31-8-9-32-14-23(30)29-22-13-28-21-7-6-18(12-20(21)22)33-19-10-16(11-19)15-2-4-17(5-3-15)24(25,26)27/h2-7,12-13,16,19,28H,8-11,14H2,1H3,(H,29,30)/t16-,19-. The monoisotopic (exact) mass is 462 g/mol. The van der Waals surface area contributed by atoms with Crippen molar-refractivity contribution in [2.24, 2.45) is 0 Å². The highest BCUT2D eigenvalue weighted by Gasteiger charge is 2.34. The van der Waals surface area contributed by atoms with Crippen LogP contribution >= 0.6 is 0 Å². The first-order chi connectivity index (χ1) is 15.8. The Kier molecular flexibility index (Phi) is 6.90. The molecule has 6 nitrogen and oxygen atoms in total. The molecule has 1 heterocycles. The first-order valence-corrected chi connectivity index (χ1v) is 10.6. The topological polar surface area (TPSA) is 72.6 Å². The Bertz CT molecular complexity index is 1090. The molecule has 1 fully saturated rings. The molecular weight excluding hydrogens is 437 g/mol. The van der Waals surface area contributed by atoms with Gasteiger partial charge in [0, 0.05) is 24.2 Å². The number of fused-ring (bicyclic) bond motifs is 1. The second-order valence-corrected chi connectivity index (χ2v) is 8.03. The van der Waals surface area contributed by atoms with Crippen LogP contribution in [0.15, 0.2) is 48.7 Å². The molecule has 0 spiro atoms. The van der Waals surface area contributed by atoms with E-state index in [1.807, 2.05) is 18.2 Å². The van der Waals surface area contributed by atoms with E-state index >= 15 is 0 Å². The molecule has 1 saturated carbocycles. The molecule has 0 aliphatic heterocycles. The summed E-state index contributed by atoms with van der Waals surface area (Å²) in [6.07, 6.45) is -1.15. The minimum absolute atomic E-state index is 0.0130. The molecular formula is C24H25F3N2O4. The minimum Gasteiger partial charge on any atom is -0.490 e. The Morgan fingerprint density at radius 1 is 1.12 bits per heavy atom. The van der Waals surface area contributed by atoms with Gasteiger partial charge in [-0.05, 0) is 54.7 Å². The van der Waals surface area contributed by atoms with Crippen molar-refractivity contribution in [3.05, 3.63) is 59.8 Å². The molecule has 9 heteroatoms. The number of carbonyl (C=O) groups excluding carboxylic acids is 1. The van der Waals surface area contributed by atoms with Gasteiger partial charge in [0.2, 0.25) is 5.91 Å². The summed E-state index contributed by atoms with van der Waals surface area (Å²) in [5.41, 5.74) is 1.74. The van der Waals surface area contributed by atoms with Crippen LogP contribution in [0, 0.1) is 0 Å². The lowest BCUT2D eigenvalue weighted by Crippen LogP contribution is -2.32. The van der Waals surface area contributed by atoms with E-state index < -0.39 is 11.7 Å². The molecule has 2 aromatic carbocycles. The summed E-state index contributed by atoms with van der Waals surface area (Å²) in [6, 6.07) is 10.9. The predicted octanol–water partition coefficient (Wildman–Crippen LogP) is 5.11. The Labute approximate surface area is 189 Å². The van der Waals surface area contributed by atoms with E-state index in [4.69, 9.17) is 14.2 Å². The number of ether oxygens (including phenoxy) is 3. The zero-order valence-corrected chi connectivity index (χ0v) is 18.1. The third kappa shape index (κ3) is 5.66. The summed E-state index contributed by atoms with van der Waals surface area (Å²) >= 11 is 0. The first kappa shape index (κ1) is 23.1. The van der Waals surface area contributed by atoms with Crippen molar-refractivity contribution in [3.8, 4) is 5.75 Å². The van der Waals surface area contributed by atoms with Crippen LogP contribution in [0.25, 0.3) is 10.9 Å². The van der Waals surface area contributed by atoms with Crippen molar-refractivity contribution in [2.45, 2.75) is 31.0 Å². The van der Waals surface area contributed by atoms with Gasteiger partial charge in [-0.2, -0.15) is 13.2 Å². The number of amides is 1. The van der Waals surface area contributed by atoms with Gasteiger partial charge in [-0.15, -0.1) is 0 Å². The molecule has 0 radical (unpaired) electrons. The van der Waals surface area contributed by atoms with E-state index in [1.54, 1.807) is 25.4 Å². The van der Waals surface area contributed by atoms with E-state index in [1.165, 1.54) is 0 Å². The summed E-state index contributed by atoms with van der Waals surface area (Å²) in [4.78, 5) is 15.2. The summed E-state index contributed by atoms with van der Waals surface area (Å²) < 4.78 is 54.4. The fourth-order valence-corrected chi connectivity index (χ4v) is 3.84. The normalized spacial score (nSPS) is 18.2. The molecule has 4 rings (SSSR count). The van der Waals surface area contributed by atoms with E-state index in [0.717, 1.165) is 41.4 Å². The Morgan fingerprint density at radius 3 is 2.58 bits per heavy atom. The maximum atomic E-state index is 12.7. The van der Waals surface area contributed by atoms with Gasteiger partial charge in [0.1, 0.15) is 12.4 Å². The third-order valence-corrected chi connectivity index (χ3v) is 5.70. The van der Waals surface area contributed by atoms with Crippen LogP contribution in [0.3, 0.4) is 0 Å². The summed E-state index contributed by atoms with van der Waals surface area (Å²) in [7, 11) is 1.56. The molecule has 0 saturated heterocycles. The van der Waals surface area contributed by atoms with E-state index in [9.17, 15) is 18.0 Å². The number of aromatic nitrogens is 1. The lowest BCUT2D eigenvalue weighted by atomic mass is 9.77. The molecule has 3 aromatic rings. The van der Waals surface area contributed by atoms with E-state index in [2.05, 4.69) is 10.3 Å². The number of hydrogen-bond donors (Lipinski definition) is 2. The molecule has 1 aliphatic carbocycles. The van der Waals surface area contributed by atoms with Crippen molar-refractivity contribution in [2.75, 3.05) is 32.2 Å². The number of halogens is 3. The highest BCUT2D eigenvalue weighted by molar-refractivity contribution is 6.02. The number of benzene rings is 2. The van der Waals surface area contributed by atoms with Crippen LogP contribution in [0.5, 0.6) is 5.75 Å².